The van der Waals surface area contributed by atoms with Crippen LogP contribution in [0.25, 0.3) is 11.3 Å². The first-order valence-corrected chi connectivity index (χ1v) is 7.04. The van der Waals surface area contributed by atoms with Gasteiger partial charge in [0, 0.05) is 15.3 Å². The third kappa shape index (κ3) is 2.82. The van der Waals surface area contributed by atoms with Gasteiger partial charge in [0.25, 0.3) is 0 Å². The van der Waals surface area contributed by atoms with Crippen LogP contribution in [-0.4, -0.2) is 4.98 Å². The molecule has 0 fully saturated rings. The van der Waals surface area contributed by atoms with Gasteiger partial charge in [-0.05, 0) is 40.8 Å². The number of hydrogen-bond acceptors (Lipinski definition) is 1. The minimum atomic E-state index is 0.395. The van der Waals surface area contributed by atoms with Gasteiger partial charge in [-0.1, -0.05) is 46.4 Å². The quantitative estimate of drug-likeness (QED) is 0.411. The van der Waals surface area contributed by atoms with Crippen molar-refractivity contribution in [2.75, 3.05) is 0 Å². The van der Waals surface area contributed by atoms with Crippen molar-refractivity contribution in [1.29, 1.82) is 0 Å². The molecule has 6 heteroatoms. The zero-order valence-corrected chi connectivity index (χ0v) is 13.3. The van der Waals surface area contributed by atoms with Crippen molar-refractivity contribution in [2.24, 2.45) is 0 Å². The van der Waals surface area contributed by atoms with Crippen LogP contribution in [0.1, 0.15) is 0 Å². The van der Waals surface area contributed by atoms with Crippen molar-refractivity contribution in [3.63, 3.8) is 0 Å². The normalized spacial score (nSPS) is 10.6. The zero-order valence-electron chi connectivity index (χ0n) is 8.15. The number of hydrogen-bond donors (Lipinski definition) is 0. The molecule has 1 heterocycles. The highest BCUT2D eigenvalue weighted by Gasteiger charge is 2.15. The zero-order chi connectivity index (χ0) is 12.6. The summed E-state index contributed by atoms with van der Waals surface area (Å²) in [5, 5.41) is 1.91. The van der Waals surface area contributed by atoms with E-state index >= 15 is 0 Å². The molecule has 0 radical (unpaired) electrons. The summed E-state index contributed by atoms with van der Waals surface area (Å²) in [6.07, 6.45) is 1.55. The highest BCUT2D eigenvalue weighted by atomic mass is 127. The Morgan fingerprint density at radius 2 is 1.65 bits per heavy atom. The van der Waals surface area contributed by atoms with E-state index in [4.69, 9.17) is 46.4 Å². The molecule has 2 rings (SSSR count). The monoisotopic (exact) mass is 417 g/mol. The number of benzene rings is 1. The molecule has 88 valence electrons. The summed E-state index contributed by atoms with van der Waals surface area (Å²) in [7, 11) is 0. The number of nitrogens with zero attached hydrogens (tertiary/aromatic N) is 1. The van der Waals surface area contributed by atoms with Gasteiger partial charge in [0.05, 0.1) is 25.8 Å². The van der Waals surface area contributed by atoms with E-state index in [1.54, 1.807) is 24.4 Å². The van der Waals surface area contributed by atoms with Gasteiger partial charge in [0.2, 0.25) is 0 Å². The van der Waals surface area contributed by atoms with Crippen LogP contribution in [-0.2, 0) is 0 Å². The summed E-state index contributed by atoms with van der Waals surface area (Å²) >= 11 is 26.2. The van der Waals surface area contributed by atoms with Crippen LogP contribution >= 0.6 is 69.0 Å². The maximum Gasteiger partial charge on any atom is 0.0867 e. The van der Waals surface area contributed by atoms with E-state index in [0.717, 1.165) is 3.57 Å². The van der Waals surface area contributed by atoms with Crippen molar-refractivity contribution in [1.82, 2.24) is 4.98 Å². The minimum Gasteiger partial charge on any atom is -0.253 e. The van der Waals surface area contributed by atoms with Crippen LogP contribution in [0.15, 0.2) is 24.4 Å². The molecular formula is C11H4Cl4IN. The van der Waals surface area contributed by atoms with E-state index in [-0.39, 0.29) is 0 Å². The molecule has 0 aliphatic heterocycles. The molecule has 1 aromatic heterocycles. The van der Waals surface area contributed by atoms with Gasteiger partial charge in [0.1, 0.15) is 0 Å². The minimum absolute atomic E-state index is 0.395. The summed E-state index contributed by atoms with van der Waals surface area (Å²) < 4.78 is 0.862. The van der Waals surface area contributed by atoms with Gasteiger partial charge >= 0.3 is 0 Å². The first kappa shape index (κ1) is 13.7. The summed E-state index contributed by atoms with van der Waals surface area (Å²) in [6.45, 7) is 0. The third-order valence-corrected chi connectivity index (χ3v) is 4.24. The molecule has 0 saturated carbocycles. The van der Waals surface area contributed by atoms with Crippen LogP contribution in [0.2, 0.25) is 20.1 Å². The fourth-order valence-electron chi connectivity index (χ4n) is 1.34. The molecule has 0 saturated heterocycles. The number of rotatable bonds is 1. The molecular weight excluding hydrogens is 415 g/mol. The summed E-state index contributed by atoms with van der Waals surface area (Å²) in [5.74, 6) is 0. The Hall–Kier alpha value is 0.260. The van der Waals surface area contributed by atoms with E-state index in [0.29, 0.717) is 31.3 Å². The Kier molecular flexibility index (Phi) is 4.42. The molecule has 17 heavy (non-hydrogen) atoms. The van der Waals surface area contributed by atoms with Gasteiger partial charge < -0.3 is 0 Å². The van der Waals surface area contributed by atoms with Crippen LogP contribution in [0.5, 0.6) is 0 Å². The lowest BCUT2D eigenvalue weighted by Gasteiger charge is -2.09. The predicted molar refractivity (Wildman–Crippen MR) is 82.4 cm³/mol. The van der Waals surface area contributed by atoms with E-state index in [1.165, 1.54) is 0 Å². The van der Waals surface area contributed by atoms with Crippen molar-refractivity contribution < 1.29 is 0 Å². The van der Waals surface area contributed by atoms with E-state index in [1.807, 2.05) is 0 Å². The molecule has 0 amide bonds. The Bertz CT molecular complexity index is 586. The molecule has 0 aliphatic carbocycles. The molecule has 2 aromatic rings. The first-order chi connectivity index (χ1) is 8.00. The van der Waals surface area contributed by atoms with Gasteiger partial charge in [-0.2, -0.15) is 0 Å². The Morgan fingerprint density at radius 3 is 2.29 bits per heavy atom. The largest absolute Gasteiger partial charge is 0.253 e. The standard InChI is InChI=1S/C11H4Cl4IN/c12-5-3-8(16)11(17-4-5)9-6(13)1-2-7(14)10(9)15/h1-4H. The van der Waals surface area contributed by atoms with E-state index in [9.17, 15) is 0 Å². The fraction of sp³-hybridized carbons (Fsp3) is 0. The van der Waals surface area contributed by atoms with Crippen molar-refractivity contribution in [3.8, 4) is 11.3 Å². The smallest absolute Gasteiger partial charge is 0.0867 e. The Balaban J connectivity index is 2.72. The lowest BCUT2D eigenvalue weighted by molar-refractivity contribution is 1.31. The van der Waals surface area contributed by atoms with Crippen LogP contribution < -0.4 is 0 Å². The molecule has 0 atom stereocenters. The van der Waals surface area contributed by atoms with Crippen LogP contribution in [0, 0.1) is 3.57 Å². The highest BCUT2D eigenvalue weighted by Crippen LogP contribution is 2.40. The Morgan fingerprint density at radius 1 is 1.00 bits per heavy atom. The highest BCUT2D eigenvalue weighted by molar-refractivity contribution is 14.1. The second kappa shape index (κ2) is 5.49. The van der Waals surface area contributed by atoms with Gasteiger partial charge in [0.15, 0.2) is 0 Å². The van der Waals surface area contributed by atoms with E-state index < -0.39 is 0 Å². The second-order valence-corrected chi connectivity index (χ2v) is 5.99. The number of aromatic nitrogens is 1. The lowest BCUT2D eigenvalue weighted by atomic mass is 10.1. The summed E-state index contributed by atoms with van der Waals surface area (Å²) in [4.78, 5) is 4.24. The van der Waals surface area contributed by atoms with Gasteiger partial charge in [-0.3, -0.25) is 4.98 Å². The first-order valence-electron chi connectivity index (χ1n) is 4.45. The topological polar surface area (TPSA) is 12.9 Å². The fourth-order valence-corrected chi connectivity index (χ4v) is 3.14. The summed E-state index contributed by atoms with van der Waals surface area (Å²) in [5.41, 5.74) is 1.30. The molecule has 0 unspecified atom stereocenters. The predicted octanol–water partition coefficient (Wildman–Crippen LogP) is 5.97. The molecule has 0 aliphatic rings. The SMILES string of the molecule is Clc1cnc(-c2c(Cl)ccc(Cl)c2Cl)c(I)c1. The second-order valence-electron chi connectivity index (χ2n) is 3.20. The maximum atomic E-state index is 6.15. The third-order valence-electron chi connectivity index (χ3n) is 2.09. The van der Waals surface area contributed by atoms with Gasteiger partial charge in [-0.15, -0.1) is 0 Å². The molecule has 0 bridgehead atoms. The summed E-state index contributed by atoms with van der Waals surface area (Å²) in [6, 6.07) is 5.13. The Labute approximate surface area is 132 Å². The maximum absolute atomic E-state index is 6.15. The molecule has 1 nitrogen and oxygen atoms in total. The average molecular weight is 419 g/mol. The van der Waals surface area contributed by atoms with Crippen LogP contribution in [0.4, 0.5) is 0 Å². The van der Waals surface area contributed by atoms with E-state index in [2.05, 4.69) is 27.6 Å². The number of halogens is 5. The molecule has 0 spiro atoms. The number of pyridine rings is 1. The lowest BCUT2D eigenvalue weighted by Crippen LogP contribution is -1.90. The van der Waals surface area contributed by atoms with Crippen LogP contribution in [0.3, 0.4) is 0 Å². The van der Waals surface area contributed by atoms with Crippen molar-refractivity contribution >= 4 is 69.0 Å². The van der Waals surface area contributed by atoms with Crippen molar-refractivity contribution in [3.05, 3.63) is 48.1 Å². The molecule has 1 aromatic carbocycles. The average Bonchev–Trinajstić information content (AvgIpc) is 2.27. The van der Waals surface area contributed by atoms with Gasteiger partial charge in [-0.25, -0.2) is 0 Å². The van der Waals surface area contributed by atoms with Crippen molar-refractivity contribution in [2.45, 2.75) is 0 Å². The molecule has 0 N–H and O–H groups in total.